The van der Waals surface area contributed by atoms with E-state index >= 15 is 0 Å². The molecule has 0 amide bonds. The van der Waals surface area contributed by atoms with Crippen molar-refractivity contribution in [2.24, 2.45) is 5.73 Å². The van der Waals surface area contributed by atoms with Gasteiger partial charge in [0, 0.05) is 24.5 Å². The molecule has 0 radical (unpaired) electrons. The molecule has 1 atom stereocenters. The second-order valence-corrected chi connectivity index (χ2v) is 5.16. The lowest BCUT2D eigenvalue weighted by atomic mass is 10.1. The Hall–Kier alpha value is -0.640. The molecule has 0 aliphatic carbocycles. The van der Waals surface area contributed by atoms with E-state index in [4.69, 9.17) is 5.73 Å². The highest BCUT2D eigenvalue weighted by molar-refractivity contribution is 7.10. The number of nitrogens with two attached hydrogens (primary N) is 1. The molecule has 0 bridgehead atoms. The number of hydrogen-bond acceptors (Lipinski definition) is 3. The number of thiophene rings is 1. The van der Waals surface area contributed by atoms with Gasteiger partial charge in [0.2, 0.25) is 0 Å². The monoisotopic (exact) mass is 222 g/mol. The molecule has 0 spiro atoms. The van der Waals surface area contributed by atoms with Crippen molar-refractivity contribution < 1.29 is 0 Å². The van der Waals surface area contributed by atoms with Crippen LogP contribution in [-0.2, 0) is 0 Å². The Morgan fingerprint density at radius 1 is 1.60 bits per heavy atom. The lowest BCUT2D eigenvalue weighted by Crippen LogP contribution is -2.34. The van der Waals surface area contributed by atoms with Gasteiger partial charge in [0.15, 0.2) is 0 Å². The standard InChI is InChI=1S/C12H18N2S/c1-10-4-6-14(7-5-10)9-11(13)12-3-2-8-15-12/h2-4,8,11H,5-7,9,13H2,1H3. The predicted molar refractivity (Wildman–Crippen MR) is 66.1 cm³/mol. The SMILES string of the molecule is CC1=CCN(CC(N)c2cccs2)CC1. The molecule has 82 valence electrons. The van der Waals surface area contributed by atoms with Gasteiger partial charge in [-0.2, -0.15) is 0 Å². The molecule has 1 aromatic heterocycles. The van der Waals surface area contributed by atoms with E-state index in [0.717, 1.165) is 19.6 Å². The minimum Gasteiger partial charge on any atom is -0.322 e. The molecule has 15 heavy (non-hydrogen) atoms. The minimum absolute atomic E-state index is 0.178. The first-order valence-electron chi connectivity index (χ1n) is 5.42. The maximum atomic E-state index is 6.15. The van der Waals surface area contributed by atoms with Crippen molar-refractivity contribution in [1.29, 1.82) is 0 Å². The lowest BCUT2D eigenvalue weighted by molar-refractivity contribution is 0.277. The van der Waals surface area contributed by atoms with Crippen molar-refractivity contribution in [2.75, 3.05) is 19.6 Å². The van der Waals surface area contributed by atoms with Gasteiger partial charge in [-0.1, -0.05) is 17.7 Å². The van der Waals surface area contributed by atoms with Crippen LogP contribution in [0.1, 0.15) is 24.3 Å². The van der Waals surface area contributed by atoms with Crippen LogP contribution in [0.25, 0.3) is 0 Å². The van der Waals surface area contributed by atoms with E-state index in [1.165, 1.54) is 16.9 Å². The third-order valence-electron chi connectivity index (χ3n) is 2.88. The van der Waals surface area contributed by atoms with Gasteiger partial charge < -0.3 is 5.73 Å². The van der Waals surface area contributed by atoms with Gasteiger partial charge in [0.1, 0.15) is 0 Å². The first-order chi connectivity index (χ1) is 7.25. The minimum atomic E-state index is 0.178. The summed E-state index contributed by atoms with van der Waals surface area (Å²) in [5, 5.41) is 2.09. The summed E-state index contributed by atoms with van der Waals surface area (Å²) in [4.78, 5) is 3.72. The van der Waals surface area contributed by atoms with Crippen molar-refractivity contribution in [3.8, 4) is 0 Å². The van der Waals surface area contributed by atoms with Crippen LogP contribution in [0, 0.1) is 0 Å². The summed E-state index contributed by atoms with van der Waals surface area (Å²) in [7, 11) is 0. The molecule has 2 nitrogen and oxygen atoms in total. The van der Waals surface area contributed by atoms with Crippen LogP contribution >= 0.6 is 11.3 Å². The molecule has 2 N–H and O–H groups in total. The third-order valence-corrected chi connectivity index (χ3v) is 3.89. The predicted octanol–water partition coefficient (Wildman–Crippen LogP) is 2.40. The first kappa shape index (κ1) is 10.9. The Bertz CT molecular complexity index is 329. The van der Waals surface area contributed by atoms with Crippen LogP contribution < -0.4 is 5.73 Å². The van der Waals surface area contributed by atoms with E-state index < -0.39 is 0 Å². The van der Waals surface area contributed by atoms with E-state index in [-0.39, 0.29) is 6.04 Å². The Kier molecular flexibility index (Phi) is 3.57. The topological polar surface area (TPSA) is 29.3 Å². The lowest BCUT2D eigenvalue weighted by Gasteiger charge is -2.27. The molecule has 3 heteroatoms. The van der Waals surface area contributed by atoms with Crippen molar-refractivity contribution in [3.63, 3.8) is 0 Å². The van der Waals surface area contributed by atoms with Gasteiger partial charge in [0.05, 0.1) is 6.04 Å². The highest BCUT2D eigenvalue weighted by atomic mass is 32.1. The summed E-state index contributed by atoms with van der Waals surface area (Å²) in [5.41, 5.74) is 7.66. The summed E-state index contributed by atoms with van der Waals surface area (Å²) < 4.78 is 0. The summed E-state index contributed by atoms with van der Waals surface area (Å²) in [6.45, 7) is 5.40. The molecule has 1 unspecified atom stereocenters. The largest absolute Gasteiger partial charge is 0.322 e. The Morgan fingerprint density at radius 3 is 3.07 bits per heavy atom. The van der Waals surface area contributed by atoms with E-state index in [0.29, 0.717) is 0 Å². The van der Waals surface area contributed by atoms with Crippen molar-refractivity contribution in [1.82, 2.24) is 4.90 Å². The molecular formula is C12H18N2S. The van der Waals surface area contributed by atoms with Crippen LogP contribution in [-0.4, -0.2) is 24.5 Å². The van der Waals surface area contributed by atoms with E-state index in [9.17, 15) is 0 Å². The third kappa shape index (κ3) is 2.91. The number of hydrogen-bond donors (Lipinski definition) is 1. The fraction of sp³-hybridized carbons (Fsp3) is 0.500. The highest BCUT2D eigenvalue weighted by Gasteiger charge is 2.14. The Balaban J connectivity index is 1.87. The molecule has 0 aromatic carbocycles. The zero-order chi connectivity index (χ0) is 10.7. The number of rotatable bonds is 3. The molecule has 1 aromatic rings. The molecule has 0 fully saturated rings. The summed E-state index contributed by atoms with van der Waals surface area (Å²) in [6.07, 6.45) is 3.50. The van der Waals surface area contributed by atoms with Crippen LogP contribution in [0.5, 0.6) is 0 Å². The van der Waals surface area contributed by atoms with Gasteiger partial charge in [-0.3, -0.25) is 4.90 Å². The fourth-order valence-electron chi connectivity index (χ4n) is 1.85. The first-order valence-corrected chi connectivity index (χ1v) is 6.30. The fourth-order valence-corrected chi connectivity index (χ4v) is 2.57. The van der Waals surface area contributed by atoms with Crippen molar-refractivity contribution in [3.05, 3.63) is 34.0 Å². The van der Waals surface area contributed by atoms with Crippen LogP contribution in [0.4, 0.5) is 0 Å². The molecule has 2 rings (SSSR count). The van der Waals surface area contributed by atoms with E-state index in [1.54, 1.807) is 11.3 Å². The summed E-state index contributed by atoms with van der Waals surface area (Å²) >= 11 is 1.75. The molecular weight excluding hydrogens is 204 g/mol. The van der Waals surface area contributed by atoms with Crippen LogP contribution in [0.15, 0.2) is 29.2 Å². The van der Waals surface area contributed by atoms with Gasteiger partial charge in [-0.05, 0) is 24.8 Å². The summed E-state index contributed by atoms with van der Waals surface area (Å²) in [5.74, 6) is 0. The zero-order valence-corrected chi connectivity index (χ0v) is 9.96. The maximum absolute atomic E-state index is 6.15. The quantitative estimate of drug-likeness (QED) is 0.796. The zero-order valence-electron chi connectivity index (χ0n) is 9.15. The van der Waals surface area contributed by atoms with Crippen LogP contribution in [0.3, 0.4) is 0 Å². The van der Waals surface area contributed by atoms with Crippen molar-refractivity contribution >= 4 is 11.3 Å². The van der Waals surface area contributed by atoms with Crippen LogP contribution in [0.2, 0.25) is 0 Å². The van der Waals surface area contributed by atoms with Gasteiger partial charge in [0.25, 0.3) is 0 Å². The normalized spacial score (nSPS) is 20.0. The molecule has 0 saturated carbocycles. The molecule has 0 saturated heterocycles. The maximum Gasteiger partial charge on any atom is 0.0519 e. The van der Waals surface area contributed by atoms with Gasteiger partial charge >= 0.3 is 0 Å². The average molecular weight is 222 g/mol. The second kappa shape index (κ2) is 4.92. The smallest absolute Gasteiger partial charge is 0.0519 e. The summed E-state index contributed by atoms with van der Waals surface area (Å²) in [6, 6.07) is 4.37. The molecule has 1 aliphatic heterocycles. The Labute approximate surface area is 95.4 Å². The van der Waals surface area contributed by atoms with Gasteiger partial charge in [-0.15, -0.1) is 11.3 Å². The van der Waals surface area contributed by atoms with Crippen molar-refractivity contribution in [2.45, 2.75) is 19.4 Å². The highest BCUT2D eigenvalue weighted by Crippen LogP contribution is 2.19. The van der Waals surface area contributed by atoms with E-state index in [1.807, 2.05) is 0 Å². The number of nitrogens with zero attached hydrogens (tertiary/aromatic N) is 1. The average Bonchev–Trinajstić information content (AvgIpc) is 2.74. The Morgan fingerprint density at radius 2 is 2.47 bits per heavy atom. The molecule has 2 heterocycles. The molecule has 1 aliphatic rings. The van der Waals surface area contributed by atoms with E-state index in [2.05, 4.69) is 35.4 Å². The second-order valence-electron chi connectivity index (χ2n) is 4.18. The van der Waals surface area contributed by atoms with Gasteiger partial charge in [-0.25, -0.2) is 0 Å².